The number of nitrogens with one attached hydrogen (secondary N) is 2. The molecular formula is C52H65F3N8O6. The molecule has 0 bridgehead atoms. The van der Waals surface area contributed by atoms with Crippen LogP contribution in [0.25, 0.3) is 21.9 Å². The van der Waals surface area contributed by atoms with Crippen LogP contribution < -0.4 is 21.1 Å². The predicted octanol–water partition coefficient (Wildman–Crippen LogP) is 8.04. The number of methoxy groups -OCH3 is 1. The second-order valence-corrected chi connectivity index (χ2v) is 21.7. The van der Waals surface area contributed by atoms with Crippen molar-refractivity contribution >= 4 is 45.3 Å². The van der Waals surface area contributed by atoms with Crippen LogP contribution in [0.4, 0.5) is 18.9 Å². The minimum atomic E-state index is -4.37. The van der Waals surface area contributed by atoms with Crippen LogP contribution in [0.2, 0.25) is 0 Å². The molecule has 1 spiro atoms. The lowest BCUT2D eigenvalue weighted by Crippen LogP contribution is -2.49. The molecule has 9 rings (SSSR count). The first-order chi connectivity index (χ1) is 32.6. The molecule has 4 fully saturated rings. The number of ether oxygens (including phenoxy) is 2. The van der Waals surface area contributed by atoms with E-state index in [0.29, 0.717) is 42.8 Å². The van der Waals surface area contributed by atoms with Crippen LogP contribution in [0, 0.1) is 10.8 Å². The number of carbonyl (C=O) groups is 3. The number of imide groups is 1. The van der Waals surface area contributed by atoms with Gasteiger partial charge in [-0.05, 0) is 158 Å². The molecule has 2 N–H and O–H groups in total. The molecule has 1 aliphatic carbocycles. The number of alkyl halides is 3. The zero-order valence-corrected chi connectivity index (χ0v) is 40.6. The van der Waals surface area contributed by atoms with Crippen LogP contribution in [0.1, 0.15) is 109 Å². The monoisotopic (exact) mass is 954 g/mol. The molecule has 1 saturated carbocycles. The Morgan fingerprint density at radius 2 is 1.72 bits per heavy atom. The number of benzene rings is 3. The van der Waals surface area contributed by atoms with Gasteiger partial charge >= 0.3 is 11.9 Å². The summed E-state index contributed by atoms with van der Waals surface area (Å²) in [5.74, 6) is -0.238. The van der Waals surface area contributed by atoms with Gasteiger partial charge in [0.25, 0.3) is 0 Å². The number of nitrogens with zero attached hydrogens (tertiary/aromatic N) is 6. The number of fused-ring (bicyclic) bond motifs is 2. The van der Waals surface area contributed by atoms with E-state index in [4.69, 9.17) is 14.6 Å². The minimum absolute atomic E-state index is 0.136. The van der Waals surface area contributed by atoms with Gasteiger partial charge in [0, 0.05) is 55.9 Å². The van der Waals surface area contributed by atoms with Crippen LogP contribution in [0.5, 0.6) is 5.75 Å². The third-order valence-corrected chi connectivity index (χ3v) is 15.7. The molecule has 14 nitrogen and oxygen atoms in total. The molecule has 5 heterocycles. The fourth-order valence-electron chi connectivity index (χ4n) is 11.7. The standard InChI is InChI=1S/C52H65F3N8O6/c1-48(2,52(53,54)55)33-61(23-19-51(20-24-69-49(3,4)32-51)36-8-11-39(68-6)12-9-36)29-34-7-13-40-35(25-34)30-62(58-40)38-27-50(28-38)17-21-60(22-18-50)31-45(65)56-37-10-14-41-43(26-37)59(5)47(67)63(41)42-15-16-44(64)57-46(42)66/h7-14,25-26,30,38,42H,15-24,27-29,31-33H2,1-6H3,(H,56,65)(H,57,64,66)/t42?,51-/m1/s1. The molecule has 2 atom stereocenters. The molecule has 2 aromatic heterocycles. The summed E-state index contributed by atoms with van der Waals surface area (Å²) in [6, 6.07) is 18.8. The Bertz CT molecular complexity index is 2800. The molecule has 370 valence electrons. The first-order valence-electron chi connectivity index (χ1n) is 24.3. The number of likely N-dealkylation sites (tertiary alicyclic amines) is 1. The van der Waals surface area contributed by atoms with Crippen molar-refractivity contribution in [2.75, 3.05) is 51.8 Å². The number of piperidine rings is 2. The zero-order valence-electron chi connectivity index (χ0n) is 40.6. The number of carbonyl (C=O) groups excluding carboxylic acids is 3. The van der Waals surface area contributed by atoms with Crippen molar-refractivity contribution in [3.8, 4) is 5.75 Å². The van der Waals surface area contributed by atoms with E-state index in [-0.39, 0.29) is 65.9 Å². The van der Waals surface area contributed by atoms with E-state index in [0.717, 1.165) is 79.4 Å². The van der Waals surface area contributed by atoms with E-state index in [1.807, 2.05) is 29.2 Å². The van der Waals surface area contributed by atoms with E-state index in [2.05, 4.69) is 58.5 Å². The van der Waals surface area contributed by atoms with Crippen molar-refractivity contribution in [2.45, 2.75) is 121 Å². The molecule has 3 aliphatic heterocycles. The Morgan fingerprint density at radius 1 is 0.986 bits per heavy atom. The summed E-state index contributed by atoms with van der Waals surface area (Å²) >= 11 is 0. The van der Waals surface area contributed by atoms with Crippen molar-refractivity contribution in [1.82, 2.24) is 34.0 Å². The summed E-state index contributed by atoms with van der Waals surface area (Å²) in [6.45, 7) is 9.88. The second-order valence-electron chi connectivity index (χ2n) is 21.7. The van der Waals surface area contributed by atoms with Crippen molar-refractivity contribution in [2.24, 2.45) is 17.9 Å². The maximum atomic E-state index is 14.5. The highest BCUT2D eigenvalue weighted by molar-refractivity contribution is 6.00. The van der Waals surface area contributed by atoms with Crippen molar-refractivity contribution < 1.29 is 37.0 Å². The highest BCUT2D eigenvalue weighted by atomic mass is 19.4. The van der Waals surface area contributed by atoms with Gasteiger partial charge in [-0.15, -0.1) is 0 Å². The topological polar surface area (TPSA) is 145 Å². The first-order valence-corrected chi connectivity index (χ1v) is 24.3. The molecule has 3 saturated heterocycles. The van der Waals surface area contributed by atoms with Gasteiger partial charge in [0.05, 0.1) is 47.3 Å². The predicted molar refractivity (Wildman–Crippen MR) is 257 cm³/mol. The van der Waals surface area contributed by atoms with Crippen LogP contribution in [-0.4, -0.2) is 105 Å². The van der Waals surface area contributed by atoms with Crippen LogP contribution in [-0.2, 0) is 38.1 Å². The van der Waals surface area contributed by atoms with Gasteiger partial charge in [-0.25, -0.2) is 4.79 Å². The molecule has 0 radical (unpaired) electrons. The van der Waals surface area contributed by atoms with E-state index < -0.39 is 23.5 Å². The highest BCUT2D eigenvalue weighted by Crippen LogP contribution is 2.55. The Hall–Kier alpha value is -5.52. The van der Waals surface area contributed by atoms with E-state index in [1.165, 1.54) is 23.0 Å². The van der Waals surface area contributed by atoms with E-state index >= 15 is 0 Å². The van der Waals surface area contributed by atoms with Gasteiger partial charge in [0.15, 0.2) is 0 Å². The zero-order chi connectivity index (χ0) is 49.1. The maximum absolute atomic E-state index is 14.5. The summed E-state index contributed by atoms with van der Waals surface area (Å²) in [5, 5.41) is 11.2. The van der Waals surface area contributed by atoms with Crippen LogP contribution in [0.3, 0.4) is 0 Å². The quantitative estimate of drug-likeness (QED) is 0.106. The molecule has 4 aliphatic rings. The SMILES string of the molecule is COc1ccc([C@]2(CCN(Cc3ccc4nn(C5CC6(CCN(CC(=O)Nc7ccc8c(c7)n(C)c(=O)n8C7CCC(=O)NC7=O)CC6)C5)cc4c3)CC(C)(C)C(F)(F)F)CCOC(C)(C)C2)cc1. The van der Waals surface area contributed by atoms with Crippen molar-refractivity contribution in [3.05, 3.63) is 88.5 Å². The maximum Gasteiger partial charge on any atom is 0.395 e. The third-order valence-electron chi connectivity index (χ3n) is 15.7. The average Bonchev–Trinajstić information content (AvgIpc) is 3.81. The number of rotatable bonds is 14. The Morgan fingerprint density at radius 3 is 2.41 bits per heavy atom. The number of aryl methyl sites for hydroxylation is 1. The smallest absolute Gasteiger partial charge is 0.395 e. The molecule has 3 aromatic carbocycles. The number of imidazole rings is 1. The van der Waals surface area contributed by atoms with Crippen molar-refractivity contribution in [3.63, 3.8) is 0 Å². The number of amides is 3. The summed E-state index contributed by atoms with van der Waals surface area (Å²) in [6.07, 6.45) is 4.25. The summed E-state index contributed by atoms with van der Waals surface area (Å²) in [5.41, 5.74) is 1.89. The van der Waals surface area contributed by atoms with E-state index in [9.17, 15) is 32.3 Å². The third kappa shape index (κ3) is 9.96. The molecule has 3 amide bonds. The molecule has 17 heteroatoms. The molecule has 69 heavy (non-hydrogen) atoms. The number of aromatic nitrogens is 4. The molecule has 5 aromatic rings. The van der Waals surface area contributed by atoms with Gasteiger partial charge in [0.2, 0.25) is 17.7 Å². The fourth-order valence-corrected chi connectivity index (χ4v) is 11.7. The Labute approximate surface area is 400 Å². The number of hydrogen-bond donors (Lipinski definition) is 2. The number of hydrogen-bond acceptors (Lipinski definition) is 9. The lowest BCUT2D eigenvalue weighted by Gasteiger charge is -2.52. The van der Waals surface area contributed by atoms with Gasteiger partial charge in [0.1, 0.15) is 11.8 Å². The summed E-state index contributed by atoms with van der Waals surface area (Å²) in [7, 11) is 3.26. The molecule has 1 unspecified atom stereocenters. The second kappa shape index (κ2) is 18.3. The largest absolute Gasteiger partial charge is 0.497 e. The van der Waals surface area contributed by atoms with Crippen molar-refractivity contribution in [1.29, 1.82) is 0 Å². The lowest BCUT2D eigenvalue weighted by molar-refractivity contribution is -0.217. The number of halogens is 3. The van der Waals surface area contributed by atoms with Gasteiger partial charge in [-0.2, -0.15) is 18.3 Å². The first kappa shape index (κ1) is 48.5. The Balaban J connectivity index is 0.811. The van der Waals surface area contributed by atoms with Gasteiger partial charge < -0.3 is 14.8 Å². The normalized spacial score (nSPS) is 22.3. The lowest BCUT2D eigenvalue weighted by atomic mass is 9.60. The van der Waals surface area contributed by atoms with Gasteiger partial charge in [-0.1, -0.05) is 18.2 Å². The summed E-state index contributed by atoms with van der Waals surface area (Å²) in [4.78, 5) is 54.9. The van der Waals surface area contributed by atoms with E-state index in [1.54, 1.807) is 32.4 Å². The molecular weight excluding hydrogens is 890 g/mol. The van der Waals surface area contributed by atoms with Crippen LogP contribution >= 0.6 is 0 Å². The summed E-state index contributed by atoms with van der Waals surface area (Å²) < 4.78 is 59.9. The van der Waals surface area contributed by atoms with Gasteiger partial charge in [-0.3, -0.25) is 43.3 Å². The fraction of sp³-hybridized carbons (Fsp3) is 0.558. The minimum Gasteiger partial charge on any atom is -0.497 e. The average molecular weight is 955 g/mol. The highest BCUT2D eigenvalue weighted by Gasteiger charge is 2.49. The van der Waals surface area contributed by atoms with Crippen LogP contribution in [0.15, 0.2) is 71.7 Å². The number of anilines is 1. The Kier molecular flexibility index (Phi) is 12.9.